The number of benzene rings is 1. The lowest BCUT2D eigenvalue weighted by atomic mass is 10.1. The zero-order chi connectivity index (χ0) is 11.7. The van der Waals surface area contributed by atoms with Crippen LogP contribution in [0.15, 0.2) is 18.2 Å². The lowest BCUT2D eigenvalue weighted by Gasteiger charge is -2.27. The van der Waals surface area contributed by atoms with E-state index in [9.17, 15) is 0 Å². The van der Waals surface area contributed by atoms with Gasteiger partial charge in [-0.05, 0) is 49.4 Å². The summed E-state index contributed by atoms with van der Waals surface area (Å²) in [7, 11) is 0. The van der Waals surface area contributed by atoms with Gasteiger partial charge in [0.2, 0.25) is 0 Å². The minimum absolute atomic E-state index is 0.697. The van der Waals surface area contributed by atoms with E-state index in [0.717, 1.165) is 18.3 Å². The van der Waals surface area contributed by atoms with Crippen LogP contribution in [0.1, 0.15) is 32.3 Å². The van der Waals surface area contributed by atoms with Crippen LogP contribution in [-0.4, -0.2) is 12.6 Å². The zero-order valence-corrected chi connectivity index (χ0v) is 10.5. The Bertz CT molecular complexity index is 347. The van der Waals surface area contributed by atoms with Crippen LogP contribution >= 0.6 is 0 Å². The quantitative estimate of drug-likeness (QED) is 0.786. The molecule has 88 valence electrons. The molecule has 0 atom stereocenters. The molecule has 0 heterocycles. The second-order valence-electron chi connectivity index (χ2n) is 5.38. The molecule has 0 aromatic heterocycles. The van der Waals surface area contributed by atoms with E-state index in [1.807, 2.05) is 6.07 Å². The van der Waals surface area contributed by atoms with E-state index >= 15 is 0 Å². The fourth-order valence-electron chi connectivity index (χ4n) is 2.20. The van der Waals surface area contributed by atoms with Gasteiger partial charge in [-0.15, -0.1) is 0 Å². The third-order valence-electron chi connectivity index (χ3n) is 2.97. The van der Waals surface area contributed by atoms with Crippen LogP contribution in [0.4, 0.5) is 11.4 Å². The molecule has 2 rings (SSSR count). The number of nitrogens with zero attached hydrogens (tertiary/aromatic N) is 1. The fourth-order valence-corrected chi connectivity index (χ4v) is 2.20. The van der Waals surface area contributed by atoms with Gasteiger partial charge in [0.05, 0.1) is 0 Å². The SMILES string of the molecule is Cc1cc(N)cc(N(CC(C)C)C2CC2)c1. The van der Waals surface area contributed by atoms with Crippen LogP contribution < -0.4 is 10.6 Å². The van der Waals surface area contributed by atoms with Gasteiger partial charge in [-0.25, -0.2) is 0 Å². The van der Waals surface area contributed by atoms with Crippen molar-refractivity contribution in [2.24, 2.45) is 5.92 Å². The molecule has 0 unspecified atom stereocenters. The molecule has 0 amide bonds. The molecule has 1 aliphatic carbocycles. The smallest absolute Gasteiger partial charge is 0.0392 e. The van der Waals surface area contributed by atoms with Crippen molar-refractivity contribution < 1.29 is 0 Å². The number of rotatable bonds is 4. The maximum absolute atomic E-state index is 5.92. The Hall–Kier alpha value is -1.18. The summed E-state index contributed by atoms with van der Waals surface area (Å²) in [5.74, 6) is 0.697. The van der Waals surface area contributed by atoms with Crippen molar-refractivity contribution in [3.8, 4) is 0 Å². The first-order chi connectivity index (χ1) is 7.56. The standard InChI is InChI=1S/C14H22N2/c1-10(2)9-16(13-4-5-13)14-7-11(3)6-12(15)8-14/h6-8,10,13H,4-5,9,15H2,1-3H3. The summed E-state index contributed by atoms with van der Waals surface area (Å²) in [6, 6.07) is 7.14. The monoisotopic (exact) mass is 218 g/mol. The van der Waals surface area contributed by atoms with E-state index in [4.69, 9.17) is 5.73 Å². The second kappa shape index (κ2) is 4.36. The molecule has 16 heavy (non-hydrogen) atoms. The van der Waals surface area contributed by atoms with Gasteiger partial charge in [0.25, 0.3) is 0 Å². The minimum atomic E-state index is 0.697. The molecule has 1 aromatic carbocycles. The molecule has 2 N–H and O–H groups in total. The molecule has 1 aromatic rings. The highest BCUT2D eigenvalue weighted by molar-refractivity contribution is 5.59. The highest BCUT2D eigenvalue weighted by Gasteiger charge is 2.29. The molecule has 2 nitrogen and oxygen atoms in total. The highest BCUT2D eigenvalue weighted by atomic mass is 15.2. The summed E-state index contributed by atoms with van der Waals surface area (Å²) in [6.45, 7) is 7.79. The number of nitrogens with two attached hydrogens (primary N) is 1. The zero-order valence-electron chi connectivity index (χ0n) is 10.5. The van der Waals surface area contributed by atoms with Gasteiger partial charge in [-0.3, -0.25) is 0 Å². The van der Waals surface area contributed by atoms with Crippen molar-refractivity contribution in [2.45, 2.75) is 39.7 Å². The second-order valence-corrected chi connectivity index (χ2v) is 5.38. The van der Waals surface area contributed by atoms with Gasteiger partial charge in [-0.1, -0.05) is 13.8 Å². The summed E-state index contributed by atoms with van der Waals surface area (Å²) in [5, 5.41) is 0. The normalized spacial score (nSPS) is 15.5. The highest BCUT2D eigenvalue weighted by Crippen LogP contribution is 2.33. The summed E-state index contributed by atoms with van der Waals surface area (Å²) < 4.78 is 0. The van der Waals surface area contributed by atoms with Crippen LogP contribution in [0, 0.1) is 12.8 Å². The third kappa shape index (κ3) is 2.69. The van der Waals surface area contributed by atoms with E-state index in [1.165, 1.54) is 24.1 Å². The van der Waals surface area contributed by atoms with Crippen molar-refractivity contribution in [3.05, 3.63) is 23.8 Å². The van der Waals surface area contributed by atoms with Crippen LogP contribution in [0.5, 0.6) is 0 Å². The summed E-state index contributed by atoms with van der Waals surface area (Å²) in [5.41, 5.74) is 9.35. The van der Waals surface area contributed by atoms with Gasteiger partial charge in [-0.2, -0.15) is 0 Å². The molecule has 0 saturated heterocycles. The largest absolute Gasteiger partial charge is 0.399 e. The van der Waals surface area contributed by atoms with Gasteiger partial charge in [0.15, 0.2) is 0 Å². The minimum Gasteiger partial charge on any atom is -0.399 e. The Morgan fingerprint density at radius 2 is 2.00 bits per heavy atom. The van der Waals surface area contributed by atoms with E-state index in [0.29, 0.717) is 5.92 Å². The lowest BCUT2D eigenvalue weighted by Crippen LogP contribution is -2.29. The summed E-state index contributed by atoms with van der Waals surface area (Å²) >= 11 is 0. The number of hydrogen-bond acceptors (Lipinski definition) is 2. The molecular weight excluding hydrogens is 196 g/mol. The first-order valence-corrected chi connectivity index (χ1v) is 6.20. The van der Waals surface area contributed by atoms with Crippen molar-refractivity contribution in [1.82, 2.24) is 0 Å². The van der Waals surface area contributed by atoms with Crippen LogP contribution in [0.3, 0.4) is 0 Å². The Morgan fingerprint density at radius 3 is 2.50 bits per heavy atom. The molecule has 1 fully saturated rings. The first kappa shape index (κ1) is 11.3. The van der Waals surface area contributed by atoms with Gasteiger partial charge < -0.3 is 10.6 Å². The van der Waals surface area contributed by atoms with E-state index in [-0.39, 0.29) is 0 Å². The van der Waals surface area contributed by atoms with E-state index < -0.39 is 0 Å². The number of aryl methyl sites for hydroxylation is 1. The third-order valence-corrected chi connectivity index (χ3v) is 2.97. The summed E-state index contributed by atoms with van der Waals surface area (Å²) in [4.78, 5) is 2.52. The molecule has 2 heteroatoms. The molecular formula is C14H22N2. The maximum atomic E-state index is 5.92. The lowest BCUT2D eigenvalue weighted by molar-refractivity contribution is 0.607. The molecule has 0 radical (unpaired) electrons. The van der Waals surface area contributed by atoms with Gasteiger partial charge in [0.1, 0.15) is 0 Å². The Morgan fingerprint density at radius 1 is 1.31 bits per heavy atom. The fraction of sp³-hybridized carbons (Fsp3) is 0.571. The Labute approximate surface area is 98.4 Å². The molecule has 0 aliphatic heterocycles. The topological polar surface area (TPSA) is 29.3 Å². The maximum Gasteiger partial charge on any atom is 0.0392 e. The molecule has 1 aliphatic rings. The summed E-state index contributed by atoms with van der Waals surface area (Å²) in [6.07, 6.45) is 2.67. The number of anilines is 2. The average molecular weight is 218 g/mol. The van der Waals surface area contributed by atoms with Gasteiger partial charge >= 0.3 is 0 Å². The number of hydrogen-bond donors (Lipinski definition) is 1. The van der Waals surface area contributed by atoms with Crippen LogP contribution in [-0.2, 0) is 0 Å². The Balaban J connectivity index is 2.23. The molecule has 0 bridgehead atoms. The predicted molar refractivity (Wildman–Crippen MR) is 70.8 cm³/mol. The van der Waals surface area contributed by atoms with Crippen LogP contribution in [0.25, 0.3) is 0 Å². The van der Waals surface area contributed by atoms with Crippen molar-refractivity contribution in [2.75, 3.05) is 17.2 Å². The van der Waals surface area contributed by atoms with E-state index in [2.05, 4.69) is 37.8 Å². The van der Waals surface area contributed by atoms with Gasteiger partial charge in [0, 0.05) is 24.0 Å². The predicted octanol–water partition coefficient (Wildman–Crippen LogP) is 3.20. The van der Waals surface area contributed by atoms with Crippen LogP contribution in [0.2, 0.25) is 0 Å². The number of nitrogen functional groups attached to an aromatic ring is 1. The van der Waals surface area contributed by atoms with Crippen molar-refractivity contribution >= 4 is 11.4 Å². The van der Waals surface area contributed by atoms with Crippen molar-refractivity contribution in [1.29, 1.82) is 0 Å². The van der Waals surface area contributed by atoms with Crippen molar-refractivity contribution in [3.63, 3.8) is 0 Å². The average Bonchev–Trinajstić information content (AvgIpc) is 2.95. The molecule has 1 saturated carbocycles. The van der Waals surface area contributed by atoms with E-state index in [1.54, 1.807) is 0 Å². The molecule has 0 spiro atoms. The first-order valence-electron chi connectivity index (χ1n) is 6.20. The Kier molecular flexibility index (Phi) is 3.08.